The van der Waals surface area contributed by atoms with E-state index >= 15 is 0 Å². The van der Waals surface area contributed by atoms with Gasteiger partial charge in [0.05, 0.1) is 0 Å². The van der Waals surface area contributed by atoms with Crippen LogP contribution in [0.1, 0.15) is 32.8 Å². The number of hydrogen-bond acceptors (Lipinski definition) is 3. The number of rotatable bonds is 1. The first-order chi connectivity index (χ1) is 9.76. The number of carbonyl (C=O) groups excluding carboxylic acids is 1. The standard InChI is InChI=1S/C16H20BNO3/c1-16(2,3)21-15(20)18-8-6-11(7-9-18)13-5-4-12(19)10-14(13)17/h4-6,10,19H,7-9H2,1-3H3. The Morgan fingerprint density at radius 2 is 2.10 bits per heavy atom. The van der Waals surface area contributed by atoms with Crippen molar-refractivity contribution in [1.29, 1.82) is 0 Å². The lowest BCUT2D eigenvalue weighted by Crippen LogP contribution is -2.39. The van der Waals surface area contributed by atoms with Gasteiger partial charge in [-0.15, -0.1) is 0 Å². The molecule has 0 aromatic heterocycles. The zero-order valence-electron chi connectivity index (χ0n) is 12.7. The fraction of sp³-hybridized carbons (Fsp3) is 0.438. The van der Waals surface area contributed by atoms with Gasteiger partial charge in [0.1, 0.15) is 19.2 Å². The molecular formula is C16H20BNO3. The first kappa shape index (κ1) is 15.5. The fourth-order valence-electron chi connectivity index (χ4n) is 2.25. The summed E-state index contributed by atoms with van der Waals surface area (Å²) in [6.07, 6.45) is 2.40. The number of benzene rings is 1. The third kappa shape index (κ3) is 4.03. The van der Waals surface area contributed by atoms with Gasteiger partial charge in [-0.1, -0.05) is 17.6 Å². The maximum absolute atomic E-state index is 12.0. The topological polar surface area (TPSA) is 49.8 Å². The third-order valence-electron chi connectivity index (χ3n) is 3.24. The van der Waals surface area contributed by atoms with Crippen LogP contribution in [0, 0.1) is 0 Å². The molecule has 21 heavy (non-hydrogen) atoms. The Morgan fingerprint density at radius 3 is 2.62 bits per heavy atom. The molecule has 0 unspecified atom stereocenters. The third-order valence-corrected chi connectivity index (χ3v) is 3.24. The van der Waals surface area contributed by atoms with Gasteiger partial charge in [0, 0.05) is 13.1 Å². The molecule has 4 nitrogen and oxygen atoms in total. The number of nitrogens with zero attached hydrogens (tertiary/aromatic N) is 1. The summed E-state index contributed by atoms with van der Waals surface area (Å²) in [7, 11) is 5.92. The molecule has 1 aromatic rings. The van der Waals surface area contributed by atoms with E-state index in [1.807, 2.05) is 26.8 Å². The van der Waals surface area contributed by atoms with Gasteiger partial charge in [-0.25, -0.2) is 4.79 Å². The van der Waals surface area contributed by atoms with Crippen molar-refractivity contribution in [3.63, 3.8) is 0 Å². The lowest BCUT2D eigenvalue weighted by atomic mass is 9.85. The largest absolute Gasteiger partial charge is 0.508 e. The second kappa shape index (κ2) is 5.84. The zero-order chi connectivity index (χ0) is 15.6. The SMILES string of the molecule is [B]c1cc(O)ccc1C1=CCN(C(=O)OC(C)(C)C)CC1. The van der Waals surface area contributed by atoms with Gasteiger partial charge in [-0.2, -0.15) is 0 Å². The molecule has 1 aliphatic rings. The molecule has 1 amide bonds. The Labute approximate surface area is 126 Å². The van der Waals surface area contributed by atoms with Gasteiger partial charge in [-0.3, -0.25) is 0 Å². The molecule has 0 spiro atoms. The van der Waals surface area contributed by atoms with E-state index in [1.165, 1.54) is 6.07 Å². The van der Waals surface area contributed by atoms with E-state index in [0.29, 0.717) is 25.0 Å². The summed E-state index contributed by atoms with van der Waals surface area (Å²) >= 11 is 0. The predicted octanol–water partition coefficient (Wildman–Crippen LogP) is 2.21. The monoisotopic (exact) mass is 285 g/mol. The average molecular weight is 285 g/mol. The molecule has 1 aromatic carbocycles. The summed E-state index contributed by atoms with van der Waals surface area (Å²) in [4.78, 5) is 13.7. The lowest BCUT2D eigenvalue weighted by molar-refractivity contribution is 0.0270. The number of phenolic OH excluding ortho intramolecular Hbond substituents is 1. The minimum Gasteiger partial charge on any atom is -0.508 e. The van der Waals surface area contributed by atoms with E-state index < -0.39 is 5.60 Å². The Kier molecular flexibility index (Phi) is 4.30. The van der Waals surface area contributed by atoms with Gasteiger partial charge >= 0.3 is 6.09 Å². The van der Waals surface area contributed by atoms with Crippen LogP contribution in [-0.4, -0.2) is 42.6 Å². The van der Waals surface area contributed by atoms with Crippen LogP contribution < -0.4 is 5.46 Å². The van der Waals surface area contributed by atoms with Crippen LogP contribution in [0.15, 0.2) is 24.3 Å². The van der Waals surface area contributed by atoms with Crippen LogP contribution in [0.3, 0.4) is 0 Å². The summed E-state index contributed by atoms with van der Waals surface area (Å²) in [6, 6.07) is 4.96. The van der Waals surface area contributed by atoms with Crippen LogP contribution in [0.4, 0.5) is 4.79 Å². The summed E-state index contributed by atoms with van der Waals surface area (Å²) < 4.78 is 5.36. The Hall–Kier alpha value is -1.91. The van der Waals surface area contributed by atoms with E-state index in [-0.39, 0.29) is 11.8 Å². The summed E-state index contributed by atoms with van der Waals surface area (Å²) in [6.45, 7) is 6.67. The molecule has 0 fully saturated rings. The average Bonchev–Trinajstić information content (AvgIpc) is 2.37. The molecular weight excluding hydrogens is 265 g/mol. The van der Waals surface area contributed by atoms with Gasteiger partial charge < -0.3 is 14.7 Å². The molecule has 0 atom stereocenters. The normalized spacial score (nSPS) is 15.6. The lowest BCUT2D eigenvalue weighted by Gasteiger charge is -2.30. The van der Waals surface area contributed by atoms with E-state index in [2.05, 4.69) is 0 Å². The van der Waals surface area contributed by atoms with Gasteiger partial charge in [0.15, 0.2) is 0 Å². The smallest absolute Gasteiger partial charge is 0.410 e. The second-order valence-electron chi connectivity index (χ2n) is 6.18. The molecule has 2 rings (SSSR count). The molecule has 0 saturated carbocycles. The van der Waals surface area contributed by atoms with Crippen LogP contribution in [0.2, 0.25) is 0 Å². The van der Waals surface area contributed by atoms with Gasteiger partial charge in [0.25, 0.3) is 0 Å². The Balaban J connectivity index is 2.07. The molecule has 1 N–H and O–H groups in total. The number of amides is 1. The molecule has 0 saturated heterocycles. The maximum atomic E-state index is 12.0. The fourth-order valence-corrected chi connectivity index (χ4v) is 2.25. The number of phenols is 1. The van der Waals surface area contributed by atoms with E-state index in [9.17, 15) is 9.90 Å². The molecule has 110 valence electrons. The van der Waals surface area contributed by atoms with Crippen LogP contribution >= 0.6 is 0 Å². The van der Waals surface area contributed by atoms with Crippen LogP contribution in [0.5, 0.6) is 5.75 Å². The summed E-state index contributed by atoms with van der Waals surface area (Å²) in [5.74, 6) is 0.156. The minimum absolute atomic E-state index is 0.156. The minimum atomic E-state index is -0.484. The first-order valence-electron chi connectivity index (χ1n) is 7.02. The predicted molar refractivity (Wildman–Crippen MR) is 83.9 cm³/mol. The highest BCUT2D eigenvalue weighted by molar-refractivity contribution is 6.34. The van der Waals surface area contributed by atoms with Crippen LogP contribution in [-0.2, 0) is 4.74 Å². The van der Waals surface area contributed by atoms with E-state index in [0.717, 1.165) is 11.1 Å². The number of ether oxygens (including phenoxy) is 1. The van der Waals surface area contributed by atoms with Crippen molar-refractivity contribution in [1.82, 2.24) is 4.90 Å². The van der Waals surface area contributed by atoms with Crippen LogP contribution in [0.25, 0.3) is 5.57 Å². The van der Waals surface area contributed by atoms with Crippen molar-refractivity contribution in [3.8, 4) is 5.75 Å². The highest BCUT2D eigenvalue weighted by Gasteiger charge is 2.24. The van der Waals surface area contributed by atoms with Gasteiger partial charge in [-0.05, 0) is 50.5 Å². The number of carbonyl (C=O) groups is 1. The highest BCUT2D eigenvalue weighted by atomic mass is 16.6. The molecule has 0 aliphatic carbocycles. The zero-order valence-corrected chi connectivity index (χ0v) is 12.7. The van der Waals surface area contributed by atoms with Crippen molar-refractivity contribution in [3.05, 3.63) is 29.8 Å². The van der Waals surface area contributed by atoms with Crippen molar-refractivity contribution < 1.29 is 14.6 Å². The second-order valence-corrected chi connectivity index (χ2v) is 6.18. The molecule has 1 aliphatic heterocycles. The van der Waals surface area contributed by atoms with E-state index in [4.69, 9.17) is 12.6 Å². The number of aromatic hydroxyl groups is 1. The Morgan fingerprint density at radius 1 is 1.38 bits per heavy atom. The van der Waals surface area contributed by atoms with Crippen molar-refractivity contribution in [2.24, 2.45) is 0 Å². The quantitative estimate of drug-likeness (QED) is 0.805. The highest BCUT2D eigenvalue weighted by Crippen LogP contribution is 2.23. The van der Waals surface area contributed by atoms with Crippen molar-refractivity contribution in [2.45, 2.75) is 32.8 Å². The summed E-state index contributed by atoms with van der Waals surface area (Å²) in [5.41, 5.74) is 2.07. The molecule has 5 heteroatoms. The van der Waals surface area contributed by atoms with Gasteiger partial charge in [0.2, 0.25) is 0 Å². The van der Waals surface area contributed by atoms with Crippen molar-refractivity contribution in [2.75, 3.05) is 13.1 Å². The van der Waals surface area contributed by atoms with Crippen molar-refractivity contribution >= 4 is 25.0 Å². The molecule has 0 bridgehead atoms. The maximum Gasteiger partial charge on any atom is 0.410 e. The number of hydrogen-bond donors (Lipinski definition) is 1. The molecule has 1 heterocycles. The Bertz CT molecular complexity index is 575. The first-order valence-corrected chi connectivity index (χ1v) is 7.02. The summed E-state index contributed by atoms with van der Waals surface area (Å²) in [5, 5.41) is 9.39. The molecule has 2 radical (unpaired) electrons. The van der Waals surface area contributed by atoms with E-state index in [1.54, 1.807) is 17.0 Å².